The van der Waals surface area contributed by atoms with Crippen LogP contribution in [0.15, 0.2) is 30.5 Å². The van der Waals surface area contributed by atoms with Crippen LogP contribution >= 0.6 is 11.8 Å². The van der Waals surface area contributed by atoms with Crippen molar-refractivity contribution in [2.75, 3.05) is 12.8 Å². The first-order valence-corrected chi connectivity index (χ1v) is 10.8. The van der Waals surface area contributed by atoms with Crippen LogP contribution < -0.4 is 0 Å². The van der Waals surface area contributed by atoms with Crippen LogP contribution in [0.1, 0.15) is 63.4 Å². The standard InChI is InChI=1S/C21H29N3OS/c1-14(2)16-8-10-17(11-9-16)18-13-22-20(23-18)19-7-5-6-12-24(19)21(25)15(3)26-4/h8-11,13-15,19H,5-7,12H2,1-4H3,(H,22,23). The third kappa shape index (κ3) is 3.98. The van der Waals surface area contributed by atoms with Crippen LogP contribution in [0.3, 0.4) is 0 Å². The van der Waals surface area contributed by atoms with E-state index >= 15 is 0 Å². The fourth-order valence-electron chi connectivity index (χ4n) is 3.51. The molecule has 0 saturated carbocycles. The van der Waals surface area contributed by atoms with Crippen molar-refractivity contribution in [1.82, 2.24) is 14.9 Å². The van der Waals surface area contributed by atoms with E-state index in [4.69, 9.17) is 4.98 Å². The van der Waals surface area contributed by atoms with Crippen molar-refractivity contribution in [1.29, 1.82) is 0 Å². The fraction of sp³-hybridized carbons (Fsp3) is 0.524. The molecule has 1 N–H and O–H groups in total. The summed E-state index contributed by atoms with van der Waals surface area (Å²) in [6.45, 7) is 7.22. The lowest BCUT2D eigenvalue weighted by molar-refractivity contribution is -0.134. The number of benzene rings is 1. The largest absolute Gasteiger partial charge is 0.346 e. The molecule has 4 nitrogen and oxygen atoms in total. The predicted molar refractivity (Wildman–Crippen MR) is 109 cm³/mol. The number of amides is 1. The van der Waals surface area contributed by atoms with Gasteiger partial charge in [-0.2, -0.15) is 11.8 Å². The smallest absolute Gasteiger partial charge is 0.236 e. The zero-order chi connectivity index (χ0) is 18.7. The van der Waals surface area contributed by atoms with E-state index in [0.717, 1.165) is 42.9 Å². The minimum Gasteiger partial charge on any atom is -0.346 e. The number of aromatic amines is 1. The summed E-state index contributed by atoms with van der Waals surface area (Å²) in [4.78, 5) is 23.0. The topological polar surface area (TPSA) is 49.0 Å². The molecule has 1 fully saturated rings. The van der Waals surface area contributed by atoms with Crippen LogP contribution in [0, 0.1) is 0 Å². The summed E-state index contributed by atoms with van der Waals surface area (Å²) in [6.07, 6.45) is 7.16. The SMILES string of the molecule is CSC(C)C(=O)N1CCCCC1c1nc(-c2ccc(C(C)C)cc2)c[nH]1. The Morgan fingerprint density at radius 2 is 1.96 bits per heavy atom. The van der Waals surface area contributed by atoms with E-state index < -0.39 is 0 Å². The molecule has 3 rings (SSSR count). The number of rotatable bonds is 5. The van der Waals surface area contributed by atoms with Gasteiger partial charge in [0.2, 0.25) is 5.91 Å². The highest BCUT2D eigenvalue weighted by molar-refractivity contribution is 7.99. The molecule has 2 atom stereocenters. The van der Waals surface area contributed by atoms with E-state index in [-0.39, 0.29) is 17.2 Å². The average molecular weight is 372 g/mol. The molecule has 140 valence electrons. The van der Waals surface area contributed by atoms with E-state index in [0.29, 0.717) is 5.92 Å². The van der Waals surface area contributed by atoms with Crippen molar-refractivity contribution in [3.8, 4) is 11.3 Å². The number of piperidine rings is 1. The minimum atomic E-state index is -0.00592. The number of nitrogens with zero attached hydrogens (tertiary/aromatic N) is 2. The van der Waals surface area contributed by atoms with Gasteiger partial charge in [0.25, 0.3) is 0 Å². The molecule has 1 aliphatic rings. The Morgan fingerprint density at radius 3 is 2.62 bits per heavy atom. The summed E-state index contributed by atoms with van der Waals surface area (Å²) in [7, 11) is 0. The monoisotopic (exact) mass is 371 g/mol. The van der Waals surface area contributed by atoms with Crippen LogP contribution in [0.5, 0.6) is 0 Å². The molecule has 2 aromatic rings. The molecule has 2 unspecified atom stereocenters. The molecule has 0 aliphatic carbocycles. The number of thioether (sulfide) groups is 1. The maximum absolute atomic E-state index is 12.8. The molecule has 1 aromatic carbocycles. The first-order chi connectivity index (χ1) is 12.5. The second kappa shape index (κ2) is 8.30. The number of nitrogens with one attached hydrogen (secondary N) is 1. The summed E-state index contributed by atoms with van der Waals surface area (Å²) in [5.74, 6) is 1.66. The molecule has 0 spiro atoms. The summed E-state index contributed by atoms with van der Waals surface area (Å²) in [5, 5.41) is -0.00592. The number of hydrogen-bond donors (Lipinski definition) is 1. The van der Waals surface area contributed by atoms with E-state index in [2.05, 4.69) is 43.1 Å². The van der Waals surface area contributed by atoms with Crippen LogP contribution in [0.4, 0.5) is 0 Å². The van der Waals surface area contributed by atoms with Crippen molar-refractivity contribution in [2.45, 2.75) is 57.2 Å². The lowest BCUT2D eigenvalue weighted by atomic mass is 10.0. The van der Waals surface area contributed by atoms with Gasteiger partial charge in [0.1, 0.15) is 5.82 Å². The number of carbonyl (C=O) groups is 1. The lowest BCUT2D eigenvalue weighted by Crippen LogP contribution is -2.42. The third-order valence-electron chi connectivity index (χ3n) is 5.27. The molecule has 1 aliphatic heterocycles. The zero-order valence-electron chi connectivity index (χ0n) is 16.2. The van der Waals surface area contributed by atoms with Gasteiger partial charge in [-0.05, 0) is 43.9 Å². The average Bonchev–Trinajstić information content (AvgIpc) is 3.17. The first kappa shape index (κ1) is 19.0. The number of H-pyrrole nitrogens is 1. The van der Waals surface area contributed by atoms with Gasteiger partial charge in [-0.15, -0.1) is 0 Å². The van der Waals surface area contributed by atoms with E-state index in [1.54, 1.807) is 11.8 Å². The van der Waals surface area contributed by atoms with Crippen molar-refractivity contribution in [2.24, 2.45) is 0 Å². The summed E-state index contributed by atoms with van der Waals surface area (Å²) in [5.41, 5.74) is 3.40. The molecule has 0 radical (unpaired) electrons. The van der Waals surface area contributed by atoms with Gasteiger partial charge in [0, 0.05) is 18.3 Å². The van der Waals surface area contributed by atoms with Gasteiger partial charge in [-0.25, -0.2) is 4.98 Å². The quantitative estimate of drug-likeness (QED) is 0.804. The third-order valence-corrected chi connectivity index (χ3v) is 6.18. The maximum atomic E-state index is 12.8. The Morgan fingerprint density at radius 1 is 1.23 bits per heavy atom. The fourth-order valence-corrected chi connectivity index (χ4v) is 3.84. The van der Waals surface area contributed by atoms with Crippen molar-refractivity contribution in [3.63, 3.8) is 0 Å². The first-order valence-electron chi connectivity index (χ1n) is 9.50. The van der Waals surface area contributed by atoms with Crippen molar-refractivity contribution >= 4 is 17.7 Å². The molecule has 1 aromatic heterocycles. The number of carbonyl (C=O) groups excluding carboxylic acids is 1. The van der Waals surface area contributed by atoms with Gasteiger partial charge < -0.3 is 9.88 Å². The molecule has 0 bridgehead atoms. The number of likely N-dealkylation sites (tertiary alicyclic amines) is 1. The predicted octanol–water partition coefficient (Wildman–Crippen LogP) is 5.01. The number of imidazole rings is 1. The highest BCUT2D eigenvalue weighted by Gasteiger charge is 2.32. The van der Waals surface area contributed by atoms with Crippen LogP contribution in [-0.2, 0) is 4.79 Å². The Balaban J connectivity index is 1.82. The van der Waals surface area contributed by atoms with E-state index in [9.17, 15) is 4.79 Å². The highest BCUT2D eigenvalue weighted by atomic mass is 32.2. The number of hydrogen-bond acceptors (Lipinski definition) is 3. The molecule has 5 heteroatoms. The molecule has 1 saturated heterocycles. The summed E-state index contributed by atoms with van der Waals surface area (Å²) >= 11 is 1.61. The van der Waals surface area contributed by atoms with Crippen molar-refractivity contribution in [3.05, 3.63) is 41.9 Å². The zero-order valence-corrected chi connectivity index (χ0v) is 17.0. The molecular weight excluding hydrogens is 342 g/mol. The van der Waals surface area contributed by atoms with E-state index in [1.165, 1.54) is 5.56 Å². The molecule has 1 amide bonds. The Kier molecular flexibility index (Phi) is 6.07. The van der Waals surface area contributed by atoms with Crippen molar-refractivity contribution < 1.29 is 4.79 Å². The Labute approximate surface area is 160 Å². The molecular formula is C21H29N3OS. The summed E-state index contributed by atoms with van der Waals surface area (Å²) < 4.78 is 0. The van der Waals surface area contributed by atoms with Crippen LogP contribution in [-0.4, -0.2) is 38.8 Å². The summed E-state index contributed by atoms with van der Waals surface area (Å²) in [6, 6.07) is 8.68. The molecule has 2 heterocycles. The second-order valence-electron chi connectivity index (χ2n) is 7.37. The van der Waals surface area contributed by atoms with Gasteiger partial charge in [0.15, 0.2) is 0 Å². The van der Waals surface area contributed by atoms with Gasteiger partial charge >= 0.3 is 0 Å². The van der Waals surface area contributed by atoms with Gasteiger partial charge in [0.05, 0.1) is 17.0 Å². The van der Waals surface area contributed by atoms with Gasteiger partial charge in [-0.1, -0.05) is 38.1 Å². The van der Waals surface area contributed by atoms with Crippen LogP contribution in [0.25, 0.3) is 11.3 Å². The Bertz CT molecular complexity index is 738. The van der Waals surface area contributed by atoms with Crippen LogP contribution in [0.2, 0.25) is 0 Å². The van der Waals surface area contributed by atoms with E-state index in [1.807, 2.05) is 24.3 Å². The highest BCUT2D eigenvalue weighted by Crippen LogP contribution is 2.32. The lowest BCUT2D eigenvalue weighted by Gasteiger charge is -2.36. The normalized spacial score (nSPS) is 19.0. The Hall–Kier alpha value is -1.75. The van der Waals surface area contributed by atoms with Gasteiger partial charge in [-0.3, -0.25) is 4.79 Å². The second-order valence-corrected chi connectivity index (χ2v) is 8.55. The molecule has 26 heavy (non-hydrogen) atoms. The minimum absolute atomic E-state index is 0.00592. The number of aromatic nitrogens is 2. The maximum Gasteiger partial charge on any atom is 0.236 e.